The number of benzene rings is 1. The molecule has 1 aliphatic heterocycles. The van der Waals surface area contributed by atoms with E-state index in [1.807, 2.05) is 45.0 Å². The number of ketones is 3. The quantitative estimate of drug-likeness (QED) is 0.140. The number of nitrogens with one attached hydrogen (secondary N) is 1. The summed E-state index contributed by atoms with van der Waals surface area (Å²) in [6.45, 7) is 11.4. The number of esters is 1. The molecule has 0 saturated heterocycles. The molecule has 3 N–H and O–H groups in total. The van der Waals surface area contributed by atoms with Gasteiger partial charge >= 0.3 is 5.97 Å². The molecule has 3 unspecified atom stereocenters. The summed E-state index contributed by atoms with van der Waals surface area (Å²) in [6, 6.07) is 5.66. The minimum absolute atomic E-state index is 0.00993. The Bertz CT molecular complexity index is 1460. The van der Waals surface area contributed by atoms with E-state index in [2.05, 4.69) is 5.32 Å². The number of nitrogens with zero attached hydrogens (tertiary/aromatic N) is 1. The zero-order valence-electron chi connectivity index (χ0n) is 32.6. The molecular formula is C41H61N3O9. The van der Waals surface area contributed by atoms with E-state index in [0.29, 0.717) is 6.42 Å². The summed E-state index contributed by atoms with van der Waals surface area (Å²) >= 11 is 0. The molecule has 1 aromatic rings. The Morgan fingerprint density at radius 3 is 2.19 bits per heavy atom. The van der Waals surface area contributed by atoms with Gasteiger partial charge in [0, 0.05) is 38.1 Å². The molecular weight excluding hydrogens is 678 g/mol. The minimum atomic E-state index is -1.10. The van der Waals surface area contributed by atoms with Gasteiger partial charge in [0.15, 0.2) is 11.6 Å². The molecule has 0 bridgehead atoms. The van der Waals surface area contributed by atoms with E-state index < -0.39 is 65.3 Å². The fourth-order valence-corrected chi connectivity index (χ4v) is 7.17. The van der Waals surface area contributed by atoms with Crippen molar-refractivity contribution in [2.45, 2.75) is 143 Å². The van der Waals surface area contributed by atoms with Crippen molar-refractivity contribution >= 4 is 41.0 Å². The van der Waals surface area contributed by atoms with Crippen LogP contribution < -0.4 is 11.1 Å². The van der Waals surface area contributed by atoms with Crippen LogP contribution in [0.15, 0.2) is 24.3 Å². The Kier molecular flexibility index (Phi) is 16.8. The number of fused-ring (bicyclic) bond motifs is 1. The van der Waals surface area contributed by atoms with E-state index in [-0.39, 0.29) is 75.4 Å². The Hall–Kier alpha value is -3.93. The lowest BCUT2D eigenvalue weighted by Gasteiger charge is -2.40. The standard InChI is InChI=1S/C41H61N3O9/c1-7-13-29(38(49)34(45)18-19-36(47)43-32(39(42)50)25-53-41(4,5)6)21-35(46)33-20-28-16-11-12-17-30(28)23-44(33)40(51)31(27-14-9-8-10-15-27)22-37(48)52-24-26(2)3/h11-12,16-17,26-27,29,31-33H,7-10,13-15,18-25H2,1-6H3,(H2,42,50)(H,43,47)/t29?,31?,32?,33-/m0/s1. The third-order valence-electron chi connectivity index (χ3n) is 10.1. The molecule has 0 spiro atoms. The molecule has 12 nitrogen and oxygen atoms in total. The Balaban J connectivity index is 1.77. The number of carbonyl (C=O) groups excluding carboxylic acids is 7. The van der Waals surface area contributed by atoms with Crippen molar-refractivity contribution in [3.05, 3.63) is 35.4 Å². The van der Waals surface area contributed by atoms with E-state index in [1.54, 1.807) is 25.7 Å². The highest BCUT2D eigenvalue weighted by Gasteiger charge is 2.42. The molecule has 53 heavy (non-hydrogen) atoms. The molecule has 12 heteroatoms. The number of carbonyl (C=O) groups is 7. The van der Waals surface area contributed by atoms with E-state index in [0.717, 1.165) is 43.2 Å². The average molecular weight is 740 g/mol. The summed E-state index contributed by atoms with van der Waals surface area (Å²) in [4.78, 5) is 94.6. The zero-order valence-corrected chi connectivity index (χ0v) is 32.6. The lowest BCUT2D eigenvalue weighted by atomic mass is 9.77. The summed E-state index contributed by atoms with van der Waals surface area (Å²) in [5, 5.41) is 2.47. The summed E-state index contributed by atoms with van der Waals surface area (Å²) in [5.41, 5.74) is 6.70. The highest BCUT2D eigenvalue weighted by molar-refractivity contribution is 6.38. The van der Waals surface area contributed by atoms with Gasteiger partial charge in [0.05, 0.1) is 37.2 Å². The van der Waals surface area contributed by atoms with Crippen LogP contribution in [0.4, 0.5) is 0 Å². The smallest absolute Gasteiger partial charge is 0.306 e. The predicted molar refractivity (Wildman–Crippen MR) is 199 cm³/mol. The fourth-order valence-electron chi connectivity index (χ4n) is 7.17. The number of Topliss-reactive ketones (excluding diaryl/α,β-unsaturated/α-hetero) is 3. The first-order valence-electron chi connectivity index (χ1n) is 19.4. The van der Waals surface area contributed by atoms with Crippen molar-refractivity contribution in [1.29, 1.82) is 0 Å². The Morgan fingerprint density at radius 1 is 0.925 bits per heavy atom. The number of hydrogen-bond acceptors (Lipinski definition) is 9. The monoisotopic (exact) mass is 739 g/mol. The second kappa shape index (κ2) is 20.5. The van der Waals surface area contributed by atoms with Gasteiger partial charge in [0.2, 0.25) is 23.5 Å². The largest absolute Gasteiger partial charge is 0.465 e. The second-order valence-electron chi connectivity index (χ2n) is 16.1. The number of primary amides is 1. The molecule has 0 radical (unpaired) electrons. The lowest BCUT2D eigenvalue weighted by Crippen LogP contribution is -2.52. The highest BCUT2D eigenvalue weighted by Crippen LogP contribution is 2.36. The lowest BCUT2D eigenvalue weighted by molar-refractivity contribution is -0.154. The van der Waals surface area contributed by atoms with E-state index in [9.17, 15) is 33.6 Å². The van der Waals surface area contributed by atoms with Gasteiger partial charge in [0.25, 0.3) is 0 Å². The molecule has 4 atom stereocenters. The molecule has 1 fully saturated rings. The third-order valence-corrected chi connectivity index (χ3v) is 10.1. The molecule has 1 aromatic carbocycles. The molecule has 1 heterocycles. The van der Waals surface area contributed by atoms with Crippen LogP contribution in [-0.4, -0.2) is 76.8 Å². The Labute approximate surface area is 314 Å². The van der Waals surface area contributed by atoms with Crippen LogP contribution in [0.25, 0.3) is 0 Å². The van der Waals surface area contributed by atoms with Gasteiger partial charge in [-0.3, -0.25) is 33.6 Å². The number of ether oxygens (including phenoxy) is 2. The topological polar surface area (TPSA) is 179 Å². The van der Waals surface area contributed by atoms with Crippen LogP contribution in [0.3, 0.4) is 0 Å². The molecule has 0 aromatic heterocycles. The summed E-state index contributed by atoms with van der Waals surface area (Å²) < 4.78 is 11.1. The summed E-state index contributed by atoms with van der Waals surface area (Å²) in [5.74, 6) is -5.36. The van der Waals surface area contributed by atoms with Crippen molar-refractivity contribution < 1.29 is 43.0 Å². The van der Waals surface area contributed by atoms with Crippen molar-refractivity contribution in [2.24, 2.45) is 29.4 Å². The van der Waals surface area contributed by atoms with Crippen LogP contribution >= 0.6 is 0 Å². The van der Waals surface area contributed by atoms with Crippen molar-refractivity contribution in [3.63, 3.8) is 0 Å². The van der Waals surface area contributed by atoms with E-state index in [4.69, 9.17) is 15.2 Å². The third kappa shape index (κ3) is 13.8. The van der Waals surface area contributed by atoms with Crippen LogP contribution in [-0.2, 0) is 56.0 Å². The minimum Gasteiger partial charge on any atom is -0.465 e. The number of rotatable bonds is 20. The number of hydrogen-bond donors (Lipinski definition) is 2. The van der Waals surface area contributed by atoms with Crippen LogP contribution in [0.1, 0.15) is 123 Å². The maximum absolute atomic E-state index is 14.6. The van der Waals surface area contributed by atoms with Gasteiger partial charge in [-0.05, 0) is 63.0 Å². The van der Waals surface area contributed by atoms with Gasteiger partial charge in [-0.1, -0.05) is 70.7 Å². The van der Waals surface area contributed by atoms with Gasteiger partial charge in [0.1, 0.15) is 6.04 Å². The van der Waals surface area contributed by atoms with Crippen molar-refractivity contribution in [3.8, 4) is 0 Å². The number of amides is 3. The van der Waals surface area contributed by atoms with E-state index in [1.165, 1.54) is 0 Å². The van der Waals surface area contributed by atoms with Gasteiger partial charge in [-0.2, -0.15) is 0 Å². The van der Waals surface area contributed by atoms with Crippen LogP contribution in [0, 0.1) is 23.7 Å². The maximum Gasteiger partial charge on any atom is 0.306 e. The molecule has 3 amide bonds. The normalized spacial score (nSPS) is 18.0. The molecule has 3 rings (SSSR count). The average Bonchev–Trinajstić information content (AvgIpc) is 3.12. The maximum atomic E-state index is 14.6. The van der Waals surface area contributed by atoms with E-state index >= 15 is 0 Å². The first-order chi connectivity index (χ1) is 25.0. The van der Waals surface area contributed by atoms with Gasteiger partial charge < -0.3 is 25.4 Å². The first kappa shape index (κ1) is 43.5. The van der Waals surface area contributed by atoms with Crippen LogP contribution in [0.2, 0.25) is 0 Å². The Morgan fingerprint density at radius 2 is 1.58 bits per heavy atom. The SMILES string of the molecule is CCCC(CC(=O)[C@@H]1Cc2ccccc2CN1C(=O)C(CC(=O)OCC(C)C)C1CCCCC1)C(=O)C(=O)CCC(=O)NC(COC(C)(C)C)C(N)=O. The van der Waals surface area contributed by atoms with Crippen molar-refractivity contribution in [2.75, 3.05) is 13.2 Å². The van der Waals surface area contributed by atoms with Crippen LogP contribution in [0.5, 0.6) is 0 Å². The molecule has 2 aliphatic rings. The molecule has 1 aliphatic carbocycles. The van der Waals surface area contributed by atoms with Gasteiger partial charge in [-0.25, -0.2) is 0 Å². The summed E-state index contributed by atoms with van der Waals surface area (Å²) in [6.07, 6.45) is 4.67. The number of nitrogens with two attached hydrogens (primary N) is 1. The fraction of sp³-hybridized carbons (Fsp3) is 0.683. The molecule has 294 valence electrons. The predicted octanol–water partition coefficient (Wildman–Crippen LogP) is 4.80. The highest BCUT2D eigenvalue weighted by atomic mass is 16.5. The van der Waals surface area contributed by atoms with Gasteiger partial charge in [-0.15, -0.1) is 0 Å². The second-order valence-corrected chi connectivity index (χ2v) is 16.1. The summed E-state index contributed by atoms with van der Waals surface area (Å²) in [7, 11) is 0. The first-order valence-corrected chi connectivity index (χ1v) is 19.4. The van der Waals surface area contributed by atoms with Crippen molar-refractivity contribution in [1.82, 2.24) is 10.2 Å². The zero-order chi connectivity index (χ0) is 39.3. The molecule has 1 saturated carbocycles.